The van der Waals surface area contributed by atoms with Crippen molar-refractivity contribution in [3.05, 3.63) is 35.9 Å². The molecule has 0 unspecified atom stereocenters. The van der Waals surface area contributed by atoms with Crippen LogP contribution >= 0.6 is 0 Å². The molecule has 1 N–H and O–H groups in total. The van der Waals surface area contributed by atoms with Gasteiger partial charge in [-0.1, -0.05) is 69.6 Å². The Morgan fingerprint density at radius 2 is 1.60 bits per heavy atom. The molecule has 0 saturated carbocycles. The summed E-state index contributed by atoms with van der Waals surface area (Å²) in [7, 11) is -3.30. The molecular weight excluding hydrogens is 408 g/mol. The Hall–Kier alpha value is -1.61. The first-order chi connectivity index (χ1) is 13.5. The predicted octanol–water partition coefficient (Wildman–Crippen LogP) is 4.85. The van der Waals surface area contributed by atoms with E-state index in [4.69, 9.17) is 4.74 Å². The van der Waals surface area contributed by atoms with Gasteiger partial charge in [-0.05, 0) is 33.3 Å². The monoisotopic (exact) mass is 448 g/mol. The number of hydrogen-bond donors (Lipinski definition) is 1. The van der Waals surface area contributed by atoms with Crippen molar-refractivity contribution in [1.29, 1.82) is 0 Å². The van der Waals surface area contributed by atoms with Crippen molar-refractivity contribution in [3.63, 3.8) is 0 Å². The lowest BCUT2D eigenvalue weighted by Crippen LogP contribution is -2.85. The average molecular weight is 449 g/mol. The third kappa shape index (κ3) is 5.17. The molecule has 1 aromatic rings. The molecule has 0 radical (unpaired) electrons. The molecule has 0 bridgehead atoms. The molecule has 2 atom stereocenters. The zero-order valence-electron chi connectivity index (χ0n) is 20.4. The molecule has 1 aromatic carbocycles. The first kappa shape index (κ1) is 24.7. The minimum absolute atomic E-state index is 0.0274. The minimum atomic E-state index is -1.65. The van der Waals surface area contributed by atoms with E-state index in [1.165, 1.54) is 0 Å². The number of alkyl carbamates (subject to hydrolysis) is 1. The smallest absolute Gasteiger partial charge is 0.408 e. The standard InChI is InChI=1S/C23H40N2O3Si2/c1-17-23(16-18-14-12-11-13-15-18,24-20(27)28-22(2,3)4)19(26)25(17)21(29(5,6)7)30(8,9)10/h11-15,17,21H,16H2,1-10H3,(H,24,27)/t17-,23-/m1/s1. The van der Waals surface area contributed by atoms with E-state index >= 15 is 0 Å². The Morgan fingerprint density at radius 3 is 2.00 bits per heavy atom. The summed E-state index contributed by atoms with van der Waals surface area (Å²) in [6.07, 6.45) is -0.0657. The molecule has 0 spiro atoms. The highest BCUT2D eigenvalue weighted by molar-refractivity contribution is 6.96. The number of ether oxygens (including phenoxy) is 1. The van der Waals surface area contributed by atoms with Crippen LogP contribution in [0.3, 0.4) is 0 Å². The van der Waals surface area contributed by atoms with Crippen LogP contribution in [0, 0.1) is 0 Å². The number of amides is 2. The van der Waals surface area contributed by atoms with Crippen LogP contribution < -0.4 is 5.32 Å². The number of likely N-dealkylation sites (tertiary alicyclic amines) is 1. The summed E-state index contributed by atoms with van der Waals surface area (Å²) >= 11 is 0. The summed E-state index contributed by atoms with van der Waals surface area (Å²) in [6.45, 7) is 21.6. The summed E-state index contributed by atoms with van der Waals surface area (Å²) < 4.78 is 5.53. The molecule has 1 saturated heterocycles. The quantitative estimate of drug-likeness (QED) is 0.500. The molecule has 2 amide bonds. The summed E-state index contributed by atoms with van der Waals surface area (Å²) in [5, 5.41) is 3.30. The third-order valence-electron chi connectivity index (χ3n) is 5.72. The van der Waals surface area contributed by atoms with Crippen molar-refractivity contribution in [2.45, 2.75) is 95.9 Å². The second-order valence-corrected chi connectivity index (χ2v) is 22.9. The third-order valence-corrected chi connectivity index (χ3v) is 14.7. The molecule has 5 nitrogen and oxygen atoms in total. The van der Waals surface area contributed by atoms with Gasteiger partial charge in [0.05, 0.1) is 22.2 Å². The highest BCUT2D eigenvalue weighted by atomic mass is 28.4. The first-order valence-corrected chi connectivity index (χ1v) is 18.0. The SMILES string of the molecule is C[C@H]1N(C([Si](C)(C)C)[Si](C)(C)C)C(=O)[C@]1(Cc1ccccc1)NC(=O)OC(C)(C)C. The summed E-state index contributed by atoms with van der Waals surface area (Å²) in [5.41, 5.74) is -0.556. The Labute approximate surface area is 184 Å². The second kappa shape index (κ2) is 8.15. The lowest BCUT2D eigenvalue weighted by atomic mass is 9.75. The van der Waals surface area contributed by atoms with Gasteiger partial charge in [0, 0.05) is 11.7 Å². The fourth-order valence-electron chi connectivity index (χ4n) is 5.06. The molecular formula is C23H40N2O3Si2. The summed E-state index contributed by atoms with van der Waals surface area (Å²) in [5.74, 6) is 0.0274. The Balaban J connectivity index is 2.43. The van der Waals surface area contributed by atoms with Crippen LogP contribution in [-0.2, 0) is 16.0 Å². The van der Waals surface area contributed by atoms with Crippen LogP contribution in [0.5, 0.6) is 0 Å². The van der Waals surface area contributed by atoms with E-state index in [-0.39, 0.29) is 11.9 Å². The fraction of sp³-hybridized carbons (Fsp3) is 0.652. The van der Waals surface area contributed by atoms with Gasteiger partial charge in [0.1, 0.15) is 11.1 Å². The van der Waals surface area contributed by atoms with Crippen molar-refractivity contribution in [1.82, 2.24) is 10.2 Å². The molecule has 168 valence electrons. The van der Waals surface area contributed by atoms with Crippen LogP contribution in [0.15, 0.2) is 30.3 Å². The van der Waals surface area contributed by atoms with Crippen molar-refractivity contribution >= 4 is 28.1 Å². The number of benzene rings is 1. The van der Waals surface area contributed by atoms with E-state index in [9.17, 15) is 9.59 Å². The van der Waals surface area contributed by atoms with Crippen LogP contribution in [0.2, 0.25) is 39.3 Å². The van der Waals surface area contributed by atoms with Gasteiger partial charge in [0.2, 0.25) is 0 Å². The van der Waals surface area contributed by atoms with E-state index in [0.717, 1.165) is 5.56 Å². The van der Waals surface area contributed by atoms with Crippen molar-refractivity contribution in [2.24, 2.45) is 0 Å². The molecule has 1 aliphatic rings. The van der Waals surface area contributed by atoms with E-state index in [1.807, 2.05) is 51.1 Å². The second-order valence-electron chi connectivity index (χ2n) is 11.8. The molecule has 0 aliphatic carbocycles. The minimum Gasteiger partial charge on any atom is -0.444 e. The molecule has 2 rings (SSSR count). The number of carbonyl (C=O) groups excluding carboxylic acids is 2. The zero-order valence-corrected chi connectivity index (χ0v) is 22.4. The van der Waals surface area contributed by atoms with Crippen LogP contribution in [0.4, 0.5) is 4.79 Å². The number of nitrogens with zero attached hydrogens (tertiary/aromatic N) is 1. The van der Waals surface area contributed by atoms with Crippen LogP contribution in [-0.4, -0.2) is 55.5 Å². The molecule has 30 heavy (non-hydrogen) atoms. The first-order valence-electron chi connectivity index (χ1n) is 10.9. The molecule has 1 fully saturated rings. The van der Waals surface area contributed by atoms with E-state index < -0.39 is 33.4 Å². The highest BCUT2D eigenvalue weighted by Gasteiger charge is 2.64. The van der Waals surface area contributed by atoms with Crippen molar-refractivity contribution in [3.8, 4) is 0 Å². The number of hydrogen-bond acceptors (Lipinski definition) is 3. The topological polar surface area (TPSA) is 58.6 Å². The van der Waals surface area contributed by atoms with Gasteiger partial charge in [-0.2, -0.15) is 0 Å². The van der Waals surface area contributed by atoms with Gasteiger partial charge < -0.3 is 15.0 Å². The van der Waals surface area contributed by atoms with Crippen molar-refractivity contribution < 1.29 is 14.3 Å². The van der Waals surface area contributed by atoms with E-state index in [0.29, 0.717) is 11.7 Å². The summed E-state index contributed by atoms with van der Waals surface area (Å²) in [4.78, 5) is 28.7. The number of rotatable bonds is 6. The Bertz CT molecular complexity index is 764. The van der Waals surface area contributed by atoms with Gasteiger partial charge in [0.15, 0.2) is 0 Å². The van der Waals surface area contributed by atoms with Crippen LogP contribution in [0.1, 0.15) is 33.3 Å². The van der Waals surface area contributed by atoms with Gasteiger partial charge in [-0.25, -0.2) is 4.79 Å². The van der Waals surface area contributed by atoms with Gasteiger partial charge in [-0.3, -0.25) is 4.79 Å². The van der Waals surface area contributed by atoms with Gasteiger partial charge in [-0.15, -0.1) is 0 Å². The van der Waals surface area contributed by atoms with Crippen molar-refractivity contribution in [2.75, 3.05) is 0 Å². The lowest BCUT2D eigenvalue weighted by molar-refractivity contribution is -0.161. The molecule has 0 aromatic heterocycles. The highest BCUT2D eigenvalue weighted by Crippen LogP contribution is 2.41. The Kier molecular flexibility index (Phi) is 6.70. The Morgan fingerprint density at radius 1 is 1.10 bits per heavy atom. The normalized spacial score (nSPS) is 22.7. The largest absolute Gasteiger partial charge is 0.444 e. The molecule has 1 heterocycles. The van der Waals surface area contributed by atoms with Gasteiger partial charge in [0.25, 0.3) is 5.91 Å². The van der Waals surface area contributed by atoms with Gasteiger partial charge >= 0.3 is 6.09 Å². The van der Waals surface area contributed by atoms with Crippen LogP contribution in [0.25, 0.3) is 0 Å². The lowest BCUT2D eigenvalue weighted by Gasteiger charge is -2.62. The van der Waals surface area contributed by atoms with E-state index in [1.54, 1.807) is 0 Å². The average Bonchev–Trinajstić information content (AvgIpc) is 2.55. The maximum Gasteiger partial charge on any atom is 0.408 e. The predicted molar refractivity (Wildman–Crippen MR) is 129 cm³/mol. The maximum atomic E-state index is 13.8. The molecule has 1 aliphatic heterocycles. The maximum absolute atomic E-state index is 13.8. The number of carbonyl (C=O) groups is 2. The fourth-order valence-corrected chi connectivity index (χ4v) is 17.8. The molecule has 7 heteroatoms. The number of nitrogens with one attached hydrogen (secondary N) is 1. The van der Waals surface area contributed by atoms with E-state index in [2.05, 4.69) is 56.4 Å². The summed E-state index contributed by atoms with van der Waals surface area (Å²) in [6, 6.07) is 9.82. The number of β-lactam (4-membered cyclic amide) rings is 1. The zero-order chi connectivity index (χ0) is 23.1.